The van der Waals surface area contributed by atoms with Crippen molar-refractivity contribution in [2.24, 2.45) is 17.8 Å². The van der Waals surface area contributed by atoms with E-state index in [0.717, 1.165) is 11.3 Å². The molecular weight excluding hydrogens is 330 g/mol. The fraction of sp³-hybridized carbons (Fsp3) is 0.550. The van der Waals surface area contributed by atoms with E-state index in [9.17, 15) is 14.4 Å². The molecule has 0 bridgehead atoms. The minimum Gasteiger partial charge on any atom is -0.324 e. The van der Waals surface area contributed by atoms with Crippen molar-refractivity contribution in [2.45, 2.75) is 51.7 Å². The van der Waals surface area contributed by atoms with Gasteiger partial charge in [0, 0.05) is 23.3 Å². The van der Waals surface area contributed by atoms with E-state index in [1.807, 2.05) is 52.0 Å². The number of benzene rings is 1. The molecule has 3 aliphatic heterocycles. The number of imide groups is 1. The van der Waals surface area contributed by atoms with E-state index in [4.69, 9.17) is 0 Å². The molecular formula is C20H25N3O3. The Morgan fingerprint density at radius 2 is 1.81 bits per heavy atom. The van der Waals surface area contributed by atoms with Gasteiger partial charge < -0.3 is 5.32 Å². The molecule has 138 valence electrons. The second-order valence-electron chi connectivity index (χ2n) is 8.03. The third-order valence-electron chi connectivity index (χ3n) is 6.34. The Kier molecular flexibility index (Phi) is 3.74. The minimum atomic E-state index is -1.16. The molecule has 26 heavy (non-hydrogen) atoms. The molecule has 5 atom stereocenters. The van der Waals surface area contributed by atoms with Gasteiger partial charge in [0.05, 0.1) is 11.8 Å². The van der Waals surface area contributed by atoms with E-state index >= 15 is 0 Å². The summed E-state index contributed by atoms with van der Waals surface area (Å²) in [6, 6.07) is 7.07. The van der Waals surface area contributed by atoms with Crippen LogP contribution >= 0.6 is 0 Å². The van der Waals surface area contributed by atoms with Gasteiger partial charge in [-0.1, -0.05) is 39.0 Å². The third-order valence-corrected chi connectivity index (χ3v) is 6.34. The van der Waals surface area contributed by atoms with E-state index in [0.29, 0.717) is 6.42 Å². The molecule has 3 aliphatic rings. The van der Waals surface area contributed by atoms with Crippen LogP contribution in [0.3, 0.4) is 0 Å². The maximum absolute atomic E-state index is 13.4. The molecule has 3 heterocycles. The Morgan fingerprint density at radius 1 is 1.12 bits per heavy atom. The zero-order valence-corrected chi connectivity index (χ0v) is 15.6. The smallest absolute Gasteiger partial charge is 0.250 e. The van der Waals surface area contributed by atoms with Gasteiger partial charge in [-0.05, 0) is 25.3 Å². The van der Waals surface area contributed by atoms with Crippen LogP contribution in [-0.4, -0.2) is 34.7 Å². The highest BCUT2D eigenvalue weighted by molar-refractivity contribution is 6.15. The third kappa shape index (κ3) is 1.93. The minimum absolute atomic E-state index is 0.121. The largest absolute Gasteiger partial charge is 0.324 e. The highest BCUT2D eigenvalue weighted by atomic mass is 16.2. The van der Waals surface area contributed by atoms with Gasteiger partial charge in [0.15, 0.2) is 0 Å². The zero-order valence-electron chi connectivity index (χ0n) is 15.6. The van der Waals surface area contributed by atoms with Crippen molar-refractivity contribution in [3.63, 3.8) is 0 Å². The predicted molar refractivity (Wildman–Crippen MR) is 97.1 cm³/mol. The predicted octanol–water partition coefficient (Wildman–Crippen LogP) is 1.86. The van der Waals surface area contributed by atoms with Gasteiger partial charge in [-0.3, -0.25) is 24.6 Å². The van der Waals surface area contributed by atoms with Gasteiger partial charge >= 0.3 is 0 Å². The number of fused-ring (bicyclic) bond motifs is 4. The maximum atomic E-state index is 13.4. The van der Waals surface area contributed by atoms with Crippen molar-refractivity contribution >= 4 is 23.4 Å². The highest BCUT2D eigenvalue weighted by Gasteiger charge is 2.70. The van der Waals surface area contributed by atoms with Crippen molar-refractivity contribution in [2.75, 3.05) is 5.32 Å². The van der Waals surface area contributed by atoms with Crippen LogP contribution < -0.4 is 10.6 Å². The van der Waals surface area contributed by atoms with E-state index in [1.165, 1.54) is 4.90 Å². The Balaban J connectivity index is 1.90. The molecule has 0 radical (unpaired) electrons. The summed E-state index contributed by atoms with van der Waals surface area (Å²) in [6.45, 7) is 7.90. The number of hydrogen-bond donors (Lipinski definition) is 2. The van der Waals surface area contributed by atoms with Crippen molar-refractivity contribution in [1.82, 2.24) is 10.2 Å². The van der Waals surface area contributed by atoms with Crippen LogP contribution in [0.1, 0.15) is 39.7 Å². The summed E-state index contributed by atoms with van der Waals surface area (Å²) in [4.78, 5) is 41.1. The second-order valence-corrected chi connectivity index (χ2v) is 8.03. The number of carbonyl (C=O) groups excluding carboxylic acids is 3. The lowest BCUT2D eigenvalue weighted by molar-refractivity contribution is -0.145. The van der Waals surface area contributed by atoms with E-state index < -0.39 is 17.4 Å². The first kappa shape index (κ1) is 17.2. The molecule has 0 saturated carbocycles. The van der Waals surface area contributed by atoms with Crippen LogP contribution in [0, 0.1) is 17.8 Å². The van der Waals surface area contributed by atoms with Crippen LogP contribution in [0.15, 0.2) is 24.3 Å². The average molecular weight is 355 g/mol. The fourth-order valence-electron chi connectivity index (χ4n) is 4.90. The van der Waals surface area contributed by atoms with Gasteiger partial charge in [0.25, 0.3) is 0 Å². The SMILES string of the molecule is CC[C@H](C)N1C(=O)[C@@H]2[C@@H](C(C)C)N[C@@]3(C(=O)Nc4ccccc43)[C@@H]2C1=O. The molecule has 6 heteroatoms. The quantitative estimate of drug-likeness (QED) is 0.812. The molecule has 1 aromatic carbocycles. The van der Waals surface area contributed by atoms with Crippen LogP contribution in [0.2, 0.25) is 0 Å². The summed E-state index contributed by atoms with van der Waals surface area (Å²) in [5, 5.41) is 6.34. The summed E-state index contributed by atoms with van der Waals surface area (Å²) >= 11 is 0. The van der Waals surface area contributed by atoms with Gasteiger partial charge in [-0.25, -0.2) is 0 Å². The van der Waals surface area contributed by atoms with E-state index in [2.05, 4.69) is 10.6 Å². The van der Waals surface area contributed by atoms with Crippen LogP contribution in [0.25, 0.3) is 0 Å². The molecule has 0 unspecified atom stereocenters. The van der Waals surface area contributed by atoms with Crippen LogP contribution in [-0.2, 0) is 19.9 Å². The molecule has 4 rings (SSSR count). The van der Waals surface area contributed by atoms with Crippen molar-refractivity contribution in [3.8, 4) is 0 Å². The van der Waals surface area contributed by atoms with Crippen molar-refractivity contribution in [3.05, 3.63) is 29.8 Å². The van der Waals surface area contributed by atoms with Crippen LogP contribution in [0.5, 0.6) is 0 Å². The first-order chi connectivity index (χ1) is 12.3. The number of anilines is 1. The zero-order chi connectivity index (χ0) is 18.8. The highest BCUT2D eigenvalue weighted by Crippen LogP contribution is 2.54. The number of rotatable bonds is 3. The maximum Gasteiger partial charge on any atom is 0.250 e. The van der Waals surface area contributed by atoms with Gasteiger partial charge in [0.1, 0.15) is 5.54 Å². The Bertz CT molecular complexity index is 805. The van der Waals surface area contributed by atoms with E-state index in [-0.39, 0.29) is 35.7 Å². The summed E-state index contributed by atoms with van der Waals surface area (Å²) in [5.41, 5.74) is 0.330. The number of hydrogen-bond acceptors (Lipinski definition) is 4. The summed E-state index contributed by atoms with van der Waals surface area (Å²) in [6.07, 6.45) is 0.701. The Labute approximate surface area is 153 Å². The molecule has 0 aromatic heterocycles. The normalized spacial score (nSPS) is 33.8. The molecule has 1 spiro atoms. The summed E-state index contributed by atoms with van der Waals surface area (Å²) in [7, 11) is 0. The fourth-order valence-corrected chi connectivity index (χ4v) is 4.90. The molecule has 3 amide bonds. The first-order valence-electron chi connectivity index (χ1n) is 9.40. The lowest BCUT2D eigenvalue weighted by atomic mass is 9.76. The number of amides is 3. The number of likely N-dealkylation sites (tertiary alicyclic amines) is 1. The summed E-state index contributed by atoms with van der Waals surface area (Å²) < 4.78 is 0. The Morgan fingerprint density at radius 3 is 2.46 bits per heavy atom. The molecule has 2 saturated heterocycles. The van der Waals surface area contributed by atoms with Gasteiger partial charge in [-0.2, -0.15) is 0 Å². The lowest BCUT2D eigenvalue weighted by Gasteiger charge is -2.31. The van der Waals surface area contributed by atoms with E-state index in [1.54, 1.807) is 0 Å². The topological polar surface area (TPSA) is 78.5 Å². The molecule has 2 fully saturated rings. The number of nitrogens with one attached hydrogen (secondary N) is 2. The summed E-state index contributed by atoms with van der Waals surface area (Å²) in [5.74, 6) is -1.68. The Hall–Kier alpha value is -2.21. The first-order valence-corrected chi connectivity index (χ1v) is 9.40. The lowest BCUT2D eigenvalue weighted by Crippen LogP contribution is -2.54. The van der Waals surface area contributed by atoms with Gasteiger partial charge in [0.2, 0.25) is 17.7 Å². The molecule has 2 N–H and O–H groups in total. The van der Waals surface area contributed by atoms with Gasteiger partial charge in [-0.15, -0.1) is 0 Å². The number of nitrogens with zero attached hydrogens (tertiary/aromatic N) is 1. The monoisotopic (exact) mass is 355 g/mol. The van der Waals surface area contributed by atoms with Crippen molar-refractivity contribution < 1.29 is 14.4 Å². The average Bonchev–Trinajstić information content (AvgIpc) is 3.20. The van der Waals surface area contributed by atoms with Crippen molar-refractivity contribution in [1.29, 1.82) is 0 Å². The standard InChI is InChI=1S/C20H25N3O3/c1-5-11(4)23-17(24)14-15(18(23)25)20(22-16(14)10(2)3)12-8-6-7-9-13(12)21-19(20)26/h6-11,14-16,22H,5H2,1-4H3,(H,21,26)/t11-,14-,15-,16+,20+/m0/s1. The number of carbonyl (C=O) groups is 3. The molecule has 1 aromatic rings. The number of para-hydroxylation sites is 1. The second kappa shape index (κ2) is 5.64. The molecule has 6 nitrogen and oxygen atoms in total. The van der Waals surface area contributed by atoms with Crippen LogP contribution in [0.4, 0.5) is 5.69 Å². The molecule has 0 aliphatic carbocycles.